The van der Waals surface area contributed by atoms with Crippen LogP contribution in [0.4, 0.5) is 11.4 Å². The van der Waals surface area contributed by atoms with Gasteiger partial charge in [-0.25, -0.2) is 10.2 Å². The molecule has 0 saturated carbocycles. The molecule has 0 unspecified atom stereocenters. The lowest BCUT2D eigenvalue weighted by Crippen LogP contribution is -2.33. The highest BCUT2D eigenvalue weighted by Crippen LogP contribution is 2.18. The van der Waals surface area contributed by atoms with Gasteiger partial charge >= 0.3 is 17.8 Å². The summed E-state index contributed by atoms with van der Waals surface area (Å²) in [6.07, 6.45) is 1.33. The first-order valence-corrected chi connectivity index (χ1v) is 11.8. The van der Waals surface area contributed by atoms with E-state index >= 15 is 0 Å². The minimum atomic E-state index is -1.02. The van der Waals surface area contributed by atoms with Crippen molar-refractivity contribution in [1.82, 2.24) is 5.43 Å². The van der Waals surface area contributed by atoms with Gasteiger partial charge in [0.1, 0.15) is 10.6 Å². The molecule has 0 spiro atoms. The molecular formula is C27H20N4O5S. The molecule has 9 nitrogen and oxygen atoms in total. The zero-order valence-corrected chi connectivity index (χ0v) is 20.0. The van der Waals surface area contributed by atoms with Crippen LogP contribution in [0.3, 0.4) is 0 Å². The van der Waals surface area contributed by atoms with Gasteiger partial charge in [0.25, 0.3) is 5.91 Å². The molecule has 0 fully saturated rings. The van der Waals surface area contributed by atoms with E-state index < -0.39 is 23.7 Å². The summed E-state index contributed by atoms with van der Waals surface area (Å²) in [6.45, 7) is 0. The van der Waals surface area contributed by atoms with Gasteiger partial charge in [0, 0.05) is 5.69 Å². The van der Waals surface area contributed by atoms with Crippen molar-refractivity contribution in [3.63, 3.8) is 0 Å². The minimum Gasteiger partial charge on any atom is -0.422 e. The third-order valence-corrected chi connectivity index (χ3v) is 5.70. The molecule has 0 aliphatic carbocycles. The topological polar surface area (TPSA) is 126 Å². The fourth-order valence-electron chi connectivity index (χ4n) is 3.08. The molecule has 0 bridgehead atoms. The molecule has 3 aromatic carbocycles. The Morgan fingerprint density at radius 2 is 1.49 bits per heavy atom. The number of esters is 1. The van der Waals surface area contributed by atoms with Crippen LogP contribution < -0.4 is 20.8 Å². The average molecular weight is 513 g/mol. The predicted octanol–water partition coefficient (Wildman–Crippen LogP) is 4.31. The van der Waals surface area contributed by atoms with E-state index in [1.807, 2.05) is 6.07 Å². The maximum atomic E-state index is 12.6. The molecule has 0 aliphatic heterocycles. The molecule has 184 valence electrons. The lowest BCUT2D eigenvalue weighted by molar-refractivity contribution is -0.136. The average Bonchev–Trinajstić information content (AvgIpc) is 3.46. The summed E-state index contributed by atoms with van der Waals surface area (Å²) in [7, 11) is 0. The van der Waals surface area contributed by atoms with Crippen LogP contribution in [0.1, 0.15) is 25.6 Å². The second-order valence-corrected chi connectivity index (χ2v) is 8.40. The van der Waals surface area contributed by atoms with Crippen LogP contribution in [-0.2, 0) is 9.59 Å². The number of carbonyl (C=O) groups excluding carboxylic acids is 4. The maximum absolute atomic E-state index is 12.6. The standard InChI is InChI=1S/C27H20N4O5S/c32-24(29-19-7-2-1-3-8-19)21-9-4-5-10-22(21)30-25(33)26(34)31-28-17-18-12-14-20(15-13-18)36-27(35)23-11-6-16-37-23/h1-17H,(H,29,32)(H,30,33)(H,31,34). The zero-order valence-electron chi connectivity index (χ0n) is 19.2. The zero-order chi connectivity index (χ0) is 26.0. The van der Waals surface area contributed by atoms with Crippen LogP contribution in [0.25, 0.3) is 0 Å². The van der Waals surface area contributed by atoms with Crippen LogP contribution in [0.2, 0.25) is 0 Å². The third kappa shape index (κ3) is 6.96. The quantitative estimate of drug-likeness (QED) is 0.112. The monoisotopic (exact) mass is 512 g/mol. The molecule has 10 heteroatoms. The number of ether oxygens (including phenoxy) is 1. The molecule has 0 atom stereocenters. The van der Waals surface area contributed by atoms with E-state index in [0.717, 1.165) is 0 Å². The first kappa shape index (κ1) is 25.0. The van der Waals surface area contributed by atoms with Crippen LogP contribution in [0, 0.1) is 0 Å². The number of hydrazone groups is 1. The number of hydrogen-bond acceptors (Lipinski definition) is 7. The first-order chi connectivity index (χ1) is 18.0. The maximum Gasteiger partial charge on any atom is 0.353 e. The Hall–Kier alpha value is -5.09. The molecular weight excluding hydrogens is 492 g/mol. The van der Waals surface area contributed by atoms with Crippen molar-refractivity contribution in [3.05, 3.63) is 112 Å². The Morgan fingerprint density at radius 3 is 2.22 bits per heavy atom. The summed E-state index contributed by atoms with van der Waals surface area (Å²) in [5, 5.41) is 10.7. The van der Waals surface area contributed by atoms with Crippen LogP contribution in [0.5, 0.6) is 5.75 Å². The SMILES string of the molecule is O=C(NN=Cc1ccc(OC(=O)c2cccs2)cc1)C(=O)Nc1ccccc1C(=O)Nc1ccccc1. The molecule has 4 aromatic rings. The van der Waals surface area contributed by atoms with Crippen molar-refractivity contribution < 1.29 is 23.9 Å². The van der Waals surface area contributed by atoms with Gasteiger partial charge < -0.3 is 15.4 Å². The van der Waals surface area contributed by atoms with E-state index in [2.05, 4.69) is 21.2 Å². The van der Waals surface area contributed by atoms with Gasteiger partial charge in [-0.05, 0) is 65.5 Å². The van der Waals surface area contributed by atoms with Crippen molar-refractivity contribution in [3.8, 4) is 5.75 Å². The van der Waals surface area contributed by atoms with Crippen LogP contribution in [-0.4, -0.2) is 29.9 Å². The van der Waals surface area contributed by atoms with Crippen molar-refractivity contribution in [1.29, 1.82) is 0 Å². The summed E-state index contributed by atoms with van der Waals surface area (Å²) in [5.74, 6) is -2.54. The predicted molar refractivity (Wildman–Crippen MR) is 141 cm³/mol. The molecule has 0 radical (unpaired) electrons. The lowest BCUT2D eigenvalue weighted by atomic mass is 10.1. The summed E-state index contributed by atoms with van der Waals surface area (Å²) < 4.78 is 5.28. The van der Waals surface area contributed by atoms with Gasteiger partial charge in [0.05, 0.1) is 17.5 Å². The Kier molecular flexibility index (Phi) is 8.15. The third-order valence-electron chi connectivity index (χ3n) is 4.85. The molecule has 0 saturated heterocycles. The van der Waals surface area contributed by atoms with Gasteiger partial charge in [0.15, 0.2) is 0 Å². The molecule has 37 heavy (non-hydrogen) atoms. The van der Waals surface area contributed by atoms with Crippen molar-refractivity contribution in [2.24, 2.45) is 5.10 Å². The Balaban J connectivity index is 1.30. The van der Waals surface area contributed by atoms with E-state index in [1.165, 1.54) is 29.7 Å². The molecule has 3 N–H and O–H groups in total. The second kappa shape index (κ2) is 12.0. The highest BCUT2D eigenvalue weighted by molar-refractivity contribution is 7.12. The molecule has 1 heterocycles. The number of thiophene rings is 1. The number of carbonyl (C=O) groups is 4. The Morgan fingerprint density at radius 1 is 0.757 bits per heavy atom. The van der Waals surface area contributed by atoms with Crippen LogP contribution in [0.15, 0.2) is 101 Å². The van der Waals surface area contributed by atoms with Gasteiger partial charge in [-0.15, -0.1) is 11.3 Å². The molecule has 4 rings (SSSR count). The van der Waals surface area contributed by atoms with Gasteiger partial charge in [0.2, 0.25) is 0 Å². The fourth-order valence-corrected chi connectivity index (χ4v) is 3.68. The van der Waals surface area contributed by atoms with E-state index in [1.54, 1.807) is 78.2 Å². The van der Waals surface area contributed by atoms with Crippen LogP contribution >= 0.6 is 11.3 Å². The molecule has 0 aliphatic rings. The summed E-state index contributed by atoms with van der Waals surface area (Å²) in [4.78, 5) is 49.7. The van der Waals surface area contributed by atoms with E-state index in [4.69, 9.17) is 4.74 Å². The van der Waals surface area contributed by atoms with Gasteiger partial charge in [-0.2, -0.15) is 5.10 Å². The van der Waals surface area contributed by atoms with E-state index in [9.17, 15) is 19.2 Å². The highest BCUT2D eigenvalue weighted by Gasteiger charge is 2.18. The highest BCUT2D eigenvalue weighted by atomic mass is 32.1. The Labute approximate surface area is 215 Å². The van der Waals surface area contributed by atoms with Crippen molar-refractivity contribution in [2.45, 2.75) is 0 Å². The first-order valence-electron chi connectivity index (χ1n) is 10.9. The van der Waals surface area contributed by atoms with Gasteiger partial charge in [-0.3, -0.25) is 14.4 Å². The fraction of sp³-hybridized carbons (Fsp3) is 0. The number of hydrogen-bond donors (Lipinski definition) is 3. The number of para-hydroxylation sites is 2. The number of anilines is 2. The van der Waals surface area contributed by atoms with Gasteiger partial charge in [-0.1, -0.05) is 36.4 Å². The smallest absolute Gasteiger partial charge is 0.353 e. The number of benzene rings is 3. The van der Waals surface area contributed by atoms with E-state index in [-0.39, 0.29) is 11.3 Å². The Bertz CT molecular complexity index is 1440. The van der Waals surface area contributed by atoms with E-state index in [0.29, 0.717) is 21.9 Å². The molecule has 1 aromatic heterocycles. The summed E-state index contributed by atoms with van der Waals surface area (Å²) in [6, 6.07) is 25.0. The number of amides is 3. The largest absolute Gasteiger partial charge is 0.422 e. The normalized spacial score (nSPS) is 10.5. The molecule has 3 amide bonds. The number of rotatable bonds is 7. The lowest BCUT2D eigenvalue weighted by Gasteiger charge is -2.11. The second-order valence-electron chi connectivity index (χ2n) is 7.45. The van der Waals surface area contributed by atoms with Crippen molar-refractivity contribution >= 4 is 52.6 Å². The minimum absolute atomic E-state index is 0.174. The summed E-state index contributed by atoms with van der Waals surface area (Å²) >= 11 is 1.28. The number of nitrogens with zero attached hydrogens (tertiary/aromatic N) is 1. The number of nitrogens with one attached hydrogen (secondary N) is 3. The van der Waals surface area contributed by atoms with Crippen molar-refractivity contribution in [2.75, 3.05) is 10.6 Å². The summed E-state index contributed by atoms with van der Waals surface area (Å²) in [5.41, 5.74) is 3.69.